The first-order valence-electron chi connectivity index (χ1n) is 6.74. The van der Waals surface area contributed by atoms with Crippen LogP contribution in [-0.2, 0) is 0 Å². The molecule has 1 unspecified atom stereocenters. The largest absolute Gasteiger partial charge is 0.490 e. The Morgan fingerprint density at radius 1 is 1.44 bits per heavy atom. The van der Waals surface area contributed by atoms with Crippen molar-refractivity contribution in [3.05, 3.63) is 24.0 Å². The monoisotopic (exact) mass is 250 g/mol. The van der Waals surface area contributed by atoms with E-state index in [0.717, 1.165) is 18.7 Å². The van der Waals surface area contributed by atoms with E-state index in [9.17, 15) is 4.39 Å². The van der Waals surface area contributed by atoms with Crippen LogP contribution in [0.25, 0.3) is 0 Å². The number of nitrogens with zero attached hydrogens (tertiary/aromatic N) is 1. The molecule has 3 rings (SSSR count). The molecule has 1 aliphatic heterocycles. The van der Waals surface area contributed by atoms with Crippen LogP contribution >= 0.6 is 0 Å². The molecule has 4 heteroatoms. The first kappa shape index (κ1) is 11.9. The number of rotatable bonds is 6. The van der Waals surface area contributed by atoms with Gasteiger partial charge in [-0.2, -0.15) is 0 Å². The average Bonchev–Trinajstić information content (AvgIpc) is 3.07. The lowest BCUT2D eigenvalue weighted by Gasteiger charge is -2.27. The van der Waals surface area contributed by atoms with Crippen LogP contribution in [0.3, 0.4) is 0 Å². The van der Waals surface area contributed by atoms with E-state index in [1.165, 1.54) is 12.0 Å². The molecule has 3 atom stereocenters. The molecule has 0 radical (unpaired) electrons. The summed E-state index contributed by atoms with van der Waals surface area (Å²) in [5.41, 5.74) is 1.20. The van der Waals surface area contributed by atoms with E-state index in [1.54, 1.807) is 6.20 Å². The van der Waals surface area contributed by atoms with Crippen molar-refractivity contribution in [2.24, 2.45) is 5.92 Å². The molecule has 2 heterocycles. The van der Waals surface area contributed by atoms with Crippen molar-refractivity contribution in [2.75, 3.05) is 19.8 Å². The van der Waals surface area contributed by atoms with Crippen LogP contribution in [0.15, 0.2) is 18.5 Å². The van der Waals surface area contributed by atoms with Gasteiger partial charge in [-0.3, -0.25) is 9.37 Å². The Morgan fingerprint density at radius 3 is 3.06 bits per heavy atom. The molecule has 98 valence electrons. The Morgan fingerprint density at radius 2 is 2.33 bits per heavy atom. The van der Waals surface area contributed by atoms with Gasteiger partial charge < -0.3 is 10.1 Å². The van der Waals surface area contributed by atoms with E-state index in [0.29, 0.717) is 30.9 Å². The van der Waals surface area contributed by atoms with Crippen molar-refractivity contribution in [2.45, 2.75) is 31.2 Å². The summed E-state index contributed by atoms with van der Waals surface area (Å²) in [6.45, 7) is 1.60. The van der Waals surface area contributed by atoms with E-state index >= 15 is 0 Å². The van der Waals surface area contributed by atoms with Gasteiger partial charge in [0.15, 0.2) is 0 Å². The maximum atomic E-state index is 12.3. The summed E-state index contributed by atoms with van der Waals surface area (Å²) in [5, 5.41) is 3.30. The van der Waals surface area contributed by atoms with Gasteiger partial charge in [-0.25, -0.2) is 0 Å². The van der Waals surface area contributed by atoms with Gasteiger partial charge in [-0.15, -0.1) is 0 Å². The number of ether oxygens (including phenoxy) is 1. The average molecular weight is 250 g/mol. The van der Waals surface area contributed by atoms with Crippen LogP contribution in [0.2, 0.25) is 0 Å². The van der Waals surface area contributed by atoms with Crippen molar-refractivity contribution in [3.63, 3.8) is 0 Å². The van der Waals surface area contributed by atoms with E-state index in [4.69, 9.17) is 4.74 Å². The molecule has 1 aliphatic carbocycles. The molecule has 0 spiro atoms. The molecule has 0 amide bonds. The number of nitrogens with one attached hydrogen (secondary N) is 1. The summed E-state index contributed by atoms with van der Waals surface area (Å²) in [6.07, 6.45) is 6.61. The fourth-order valence-electron chi connectivity index (χ4n) is 2.52. The normalized spacial score (nSPS) is 29.7. The lowest BCUT2D eigenvalue weighted by Crippen LogP contribution is -2.46. The van der Waals surface area contributed by atoms with E-state index in [-0.39, 0.29) is 6.67 Å². The van der Waals surface area contributed by atoms with Gasteiger partial charge in [0.1, 0.15) is 12.4 Å². The number of hydrogen-bond acceptors (Lipinski definition) is 3. The summed E-state index contributed by atoms with van der Waals surface area (Å²) >= 11 is 0. The molecule has 1 N–H and O–H groups in total. The maximum absolute atomic E-state index is 12.3. The van der Waals surface area contributed by atoms with Crippen molar-refractivity contribution in [1.82, 2.24) is 10.3 Å². The second-order valence-electron chi connectivity index (χ2n) is 5.28. The maximum Gasteiger partial charge on any atom is 0.137 e. The lowest BCUT2D eigenvalue weighted by molar-refractivity contribution is 0.217. The van der Waals surface area contributed by atoms with Crippen LogP contribution in [0.4, 0.5) is 4.39 Å². The SMILES string of the molecule is FCCC1C[C@H]1c1cncc(OC[C@@H]2CCN2)c1. The van der Waals surface area contributed by atoms with Gasteiger partial charge in [-0.1, -0.05) is 0 Å². The third kappa shape index (κ3) is 2.64. The van der Waals surface area contributed by atoms with Crippen LogP contribution in [0.1, 0.15) is 30.7 Å². The molecule has 2 aliphatic rings. The summed E-state index contributed by atoms with van der Waals surface area (Å²) in [7, 11) is 0. The second kappa shape index (κ2) is 5.22. The van der Waals surface area contributed by atoms with Gasteiger partial charge in [0.25, 0.3) is 0 Å². The van der Waals surface area contributed by atoms with E-state index in [2.05, 4.69) is 16.4 Å². The predicted octanol–water partition coefficient (Wildman–Crippen LogP) is 2.29. The molecule has 18 heavy (non-hydrogen) atoms. The van der Waals surface area contributed by atoms with E-state index in [1.807, 2.05) is 6.20 Å². The summed E-state index contributed by atoms with van der Waals surface area (Å²) in [4.78, 5) is 4.22. The molecule has 2 fully saturated rings. The van der Waals surface area contributed by atoms with Crippen molar-refractivity contribution in [3.8, 4) is 5.75 Å². The Labute approximate surface area is 107 Å². The summed E-state index contributed by atoms with van der Waals surface area (Å²) in [5.74, 6) is 1.85. The smallest absolute Gasteiger partial charge is 0.137 e. The van der Waals surface area contributed by atoms with Gasteiger partial charge in [0.05, 0.1) is 12.9 Å². The highest BCUT2D eigenvalue weighted by molar-refractivity contribution is 5.30. The highest BCUT2D eigenvalue weighted by atomic mass is 19.1. The fraction of sp³-hybridized carbons (Fsp3) is 0.643. The van der Waals surface area contributed by atoms with Crippen molar-refractivity contribution >= 4 is 0 Å². The minimum absolute atomic E-state index is 0.210. The van der Waals surface area contributed by atoms with Gasteiger partial charge in [0.2, 0.25) is 0 Å². The number of alkyl halides is 1. The molecule has 0 aromatic carbocycles. The third-order valence-electron chi connectivity index (χ3n) is 3.94. The van der Waals surface area contributed by atoms with Crippen LogP contribution < -0.4 is 10.1 Å². The van der Waals surface area contributed by atoms with Crippen molar-refractivity contribution in [1.29, 1.82) is 0 Å². The molecule has 0 bridgehead atoms. The standard InChI is InChI=1S/C14H19FN2O/c15-3-1-10-6-14(10)11-5-13(8-16-7-11)18-9-12-2-4-17-12/h5,7-8,10,12,14,17H,1-4,6,9H2/t10?,12-,14+/m0/s1. The predicted molar refractivity (Wildman–Crippen MR) is 67.6 cm³/mol. The lowest BCUT2D eigenvalue weighted by atomic mass is 10.1. The Kier molecular flexibility index (Phi) is 3.46. The van der Waals surface area contributed by atoms with Gasteiger partial charge in [0, 0.05) is 12.2 Å². The minimum atomic E-state index is -0.210. The first-order chi connectivity index (χ1) is 8.86. The number of aromatic nitrogens is 1. The van der Waals surface area contributed by atoms with Crippen LogP contribution in [0.5, 0.6) is 5.75 Å². The second-order valence-corrected chi connectivity index (χ2v) is 5.28. The van der Waals surface area contributed by atoms with Crippen LogP contribution in [0, 0.1) is 5.92 Å². The quantitative estimate of drug-likeness (QED) is 0.841. The molecule has 1 saturated heterocycles. The number of hydrogen-bond donors (Lipinski definition) is 1. The Balaban J connectivity index is 1.55. The highest BCUT2D eigenvalue weighted by Gasteiger charge is 2.38. The number of halogens is 1. The fourth-order valence-corrected chi connectivity index (χ4v) is 2.52. The van der Waals surface area contributed by atoms with E-state index < -0.39 is 0 Å². The van der Waals surface area contributed by atoms with Crippen LogP contribution in [-0.4, -0.2) is 30.9 Å². The van der Waals surface area contributed by atoms with Crippen molar-refractivity contribution < 1.29 is 9.13 Å². The van der Waals surface area contributed by atoms with Gasteiger partial charge in [-0.05, 0) is 49.3 Å². The molecular weight excluding hydrogens is 231 g/mol. The topological polar surface area (TPSA) is 34.1 Å². The molecule has 1 saturated carbocycles. The third-order valence-corrected chi connectivity index (χ3v) is 3.94. The summed E-state index contributed by atoms with van der Waals surface area (Å²) in [6, 6.07) is 2.56. The number of pyridine rings is 1. The molecule has 3 nitrogen and oxygen atoms in total. The summed E-state index contributed by atoms with van der Waals surface area (Å²) < 4.78 is 18.0. The molecule has 1 aromatic rings. The highest BCUT2D eigenvalue weighted by Crippen LogP contribution is 2.49. The molecule has 1 aromatic heterocycles. The zero-order valence-corrected chi connectivity index (χ0v) is 10.4. The molecular formula is C14H19FN2O. The Bertz CT molecular complexity index is 409. The zero-order chi connectivity index (χ0) is 12.4. The van der Waals surface area contributed by atoms with Gasteiger partial charge >= 0.3 is 0 Å². The minimum Gasteiger partial charge on any atom is -0.490 e. The Hall–Kier alpha value is -1.16. The zero-order valence-electron chi connectivity index (χ0n) is 10.4. The first-order valence-corrected chi connectivity index (χ1v) is 6.74.